The third kappa shape index (κ3) is 3.07. The van der Waals surface area contributed by atoms with Crippen molar-refractivity contribution in [2.75, 3.05) is 12.0 Å². The van der Waals surface area contributed by atoms with Gasteiger partial charge in [0, 0.05) is 18.2 Å². The molecule has 3 N–H and O–H groups in total. The Morgan fingerprint density at radius 3 is 2.84 bits per heavy atom. The van der Waals surface area contributed by atoms with E-state index in [0.29, 0.717) is 6.04 Å². The van der Waals surface area contributed by atoms with E-state index < -0.39 is 0 Å². The average Bonchev–Trinajstić information content (AvgIpc) is 2.62. The molecule has 0 bridgehead atoms. The molecule has 0 saturated carbocycles. The summed E-state index contributed by atoms with van der Waals surface area (Å²) < 4.78 is 0. The molecule has 1 aliphatic heterocycles. The number of likely N-dealkylation sites (tertiary alicyclic amines) is 1. The summed E-state index contributed by atoms with van der Waals surface area (Å²) in [5, 5.41) is 0. The highest BCUT2D eigenvalue weighted by atomic mass is 16.2. The molecule has 1 atom stereocenters. The number of hydrogen-bond donors (Lipinski definition) is 2. The summed E-state index contributed by atoms with van der Waals surface area (Å²) in [6, 6.07) is 5.96. The number of amides is 1. The van der Waals surface area contributed by atoms with Gasteiger partial charge < -0.3 is 10.3 Å². The lowest BCUT2D eigenvalue weighted by atomic mass is 10.1. The van der Waals surface area contributed by atoms with Crippen molar-refractivity contribution in [1.29, 1.82) is 0 Å². The van der Waals surface area contributed by atoms with Crippen molar-refractivity contribution < 1.29 is 4.79 Å². The summed E-state index contributed by atoms with van der Waals surface area (Å²) >= 11 is 0. The monoisotopic (exact) mass is 261 g/mol. The molecule has 1 unspecified atom stereocenters. The molecule has 0 radical (unpaired) electrons. The molecule has 0 aliphatic carbocycles. The maximum absolute atomic E-state index is 12.6. The number of rotatable bonds is 2. The predicted molar refractivity (Wildman–Crippen MR) is 78.0 cm³/mol. The summed E-state index contributed by atoms with van der Waals surface area (Å²) in [7, 11) is 0. The van der Waals surface area contributed by atoms with Crippen LogP contribution in [-0.4, -0.2) is 23.4 Å². The number of hydrogen-bond acceptors (Lipinski definition) is 3. The van der Waals surface area contributed by atoms with E-state index in [4.69, 9.17) is 5.84 Å². The minimum atomic E-state index is 0.140. The highest BCUT2D eigenvalue weighted by Crippen LogP contribution is 2.21. The summed E-state index contributed by atoms with van der Waals surface area (Å²) in [5.74, 6) is 5.56. The van der Waals surface area contributed by atoms with E-state index in [2.05, 4.69) is 12.3 Å². The first kappa shape index (κ1) is 13.9. The van der Waals surface area contributed by atoms with Crippen molar-refractivity contribution in [2.24, 2.45) is 5.84 Å². The Bertz CT molecular complexity index is 459. The molecule has 1 aliphatic rings. The van der Waals surface area contributed by atoms with Crippen LogP contribution in [0.25, 0.3) is 0 Å². The number of nitrogens with zero attached hydrogens (tertiary/aromatic N) is 1. The van der Waals surface area contributed by atoms with E-state index in [1.165, 1.54) is 12.8 Å². The van der Waals surface area contributed by atoms with Gasteiger partial charge in [0.25, 0.3) is 5.91 Å². The quantitative estimate of drug-likeness (QED) is 0.635. The van der Waals surface area contributed by atoms with E-state index in [0.717, 1.165) is 36.2 Å². The van der Waals surface area contributed by atoms with Crippen LogP contribution in [0, 0.1) is 6.92 Å². The van der Waals surface area contributed by atoms with Crippen LogP contribution in [0.3, 0.4) is 0 Å². The highest BCUT2D eigenvalue weighted by molar-refractivity contribution is 5.95. The number of nitrogens with two attached hydrogens (primary N) is 1. The summed E-state index contributed by atoms with van der Waals surface area (Å²) in [6.07, 6.45) is 4.66. The Labute approximate surface area is 114 Å². The van der Waals surface area contributed by atoms with Crippen molar-refractivity contribution in [3.05, 3.63) is 29.3 Å². The van der Waals surface area contributed by atoms with Gasteiger partial charge in [0.1, 0.15) is 0 Å². The van der Waals surface area contributed by atoms with Crippen LogP contribution in [0.4, 0.5) is 5.69 Å². The molecule has 104 valence electrons. The van der Waals surface area contributed by atoms with Crippen LogP contribution >= 0.6 is 0 Å². The maximum Gasteiger partial charge on any atom is 0.254 e. The average molecular weight is 261 g/mol. The van der Waals surface area contributed by atoms with E-state index in [1.807, 2.05) is 30.0 Å². The van der Waals surface area contributed by atoms with Crippen LogP contribution < -0.4 is 11.3 Å². The van der Waals surface area contributed by atoms with Crippen LogP contribution in [0.5, 0.6) is 0 Å². The van der Waals surface area contributed by atoms with Gasteiger partial charge in [-0.1, -0.05) is 12.8 Å². The number of nitrogens with one attached hydrogen (secondary N) is 1. The number of carbonyl (C=O) groups is 1. The normalized spacial score (nSPS) is 19.9. The Morgan fingerprint density at radius 2 is 2.16 bits per heavy atom. The largest absolute Gasteiger partial charge is 0.336 e. The van der Waals surface area contributed by atoms with Crippen LogP contribution in [0.2, 0.25) is 0 Å². The lowest BCUT2D eigenvalue weighted by Gasteiger charge is -2.27. The molecule has 1 aromatic carbocycles. The number of aryl methyl sites for hydroxylation is 1. The van der Waals surface area contributed by atoms with E-state index in [1.54, 1.807) is 0 Å². The fraction of sp³-hybridized carbons (Fsp3) is 0.533. The van der Waals surface area contributed by atoms with E-state index >= 15 is 0 Å². The molecule has 1 saturated heterocycles. The van der Waals surface area contributed by atoms with Gasteiger partial charge in [0.05, 0.1) is 5.69 Å². The number of anilines is 1. The zero-order valence-corrected chi connectivity index (χ0v) is 11.8. The second-order valence-electron chi connectivity index (χ2n) is 5.37. The minimum Gasteiger partial charge on any atom is -0.336 e. The van der Waals surface area contributed by atoms with Crippen LogP contribution in [0.15, 0.2) is 18.2 Å². The molecular weight excluding hydrogens is 238 g/mol. The highest BCUT2D eigenvalue weighted by Gasteiger charge is 2.23. The summed E-state index contributed by atoms with van der Waals surface area (Å²) in [5.41, 5.74) is 5.25. The summed E-state index contributed by atoms with van der Waals surface area (Å²) in [4.78, 5) is 14.6. The summed E-state index contributed by atoms with van der Waals surface area (Å²) in [6.45, 7) is 4.97. The van der Waals surface area contributed by atoms with Gasteiger partial charge in [-0.15, -0.1) is 0 Å². The second kappa shape index (κ2) is 6.06. The Morgan fingerprint density at radius 1 is 1.37 bits per heavy atom. The van der Waals surface area contributed by atoms with Crippen LogP contribution in [-0.2, 0) is 0 Å². The third-order valence-corrected chi connectivity index (χ3v) is 3.94. The Kier molecular flexibility index (Phi) is 4.43. The zero-order chi connectivity index (χ0) is 13.8. The first-order chi connectivity index (χ1) is 9.13. The molecule has 1 amide bonds. The van der Waals surface area contributed by atoms with Gasteiger partial charge >= 0.3 is 0 Å². The zero-order valence-electron chi connectivity index (χ0n) is 11.8. The molecule has 19 heavy (non-hydrogen) atoms. The van der Waals surface area contributed by atoms with Crippen molar-refractivity contribution in [3.63, 3.8) is 0 Å². The molecule has 4 heteroatoms. The third-order valence-electron chi connectivity index (χ3n) is 3.94. The Balaban J connectivity index is 2.20. The van der Waals surface area contributed by atoms with Gasteiger partial charge in [0.2, 0.25) is 0 Å². The molecule has 0 aromatic heterocycles. The molecule has 1 aromatic rings. The fourth-order valence-corrected chi connectivity index (χ4v) is 2.70. The van der Waals surface area contributed by atoms with Gasteiger partial charge in [-0.25, -0.2) is 0 Å². The lowest BCUT2D eigenvalue weighted by molar-refractivity contribution is 0.0698. The Hall–Kier alpha value is -1.55. The SMILES string of the molecule is Cc1cc(C(=O)N2CCCCCC2C)ccc1NN. The van der Waals surface area contributed by atoms with Gasteiger partial charge in [-0.05, 0) is 50.5 Å². The first-order valence-corrected chi connectivity index (χ1v) is 7.01. The van der Waals surface area contributed by atoms with Crippen molar-refractivity contribution in [2.45, 2.75) is 45.6 Å². The number of nitrogen functional groups attached to an aromatic ring is 1. The topological polar surface area (TPSA) is 58.4 Å². The van der Waals surface area contributed by atoms with Gasteiger partial charge in [-0.3, -0.25) is 10.6 Å². The predicted octanol–water partition coefficient (Wildman–Crippen LogP) is 2.69. The molecular formula is C15H23N3O. The smallest absolute Gasteiger partial charge is 0.254 e. The standard InChI is InChI=1S/C15H23N3O/c1-11-10-13(7-8-14(11)17-16)15(19)18-9-5-3-4-6-12(18)2/h7-8,10,12,17H,3-6,9,16H2,1-2H3. The first-order valence-electron chi connectivity index (χ1n) is 7.01. The molecule has 1 fully saturated rings. The fourth-order valence-electron chi connectivity index (χ4n) is 2.70. The molecule has 2 rings (SSSR count). The van der Waals surface area contributed by atoms with Gasteiger partial charge in [-0.2, -0.15) is 0 Å². The number of carbonyl (C=O) groups excluding carboxylic acids is 1. The van der Waals surface area contributed by atoms with Crippen LogP contribution in [0.1, 0.15) is 48.5 Å². The minimum absolute atomic E-state index is 0.140. The van der Waals surface area contributed by atoms with E-state index in [-0.39, 0.29) is 5.91 Å². The second-order valence-corrected chi connectivity index (χ2v) is 5.37. The molecule has 0 spiro atoms. The maximum atomic E-state index is 12.6. The van der Waals surface area contributed by atoms with Crippen molar-refractivity contribution >= 4 is 11.6 Å². The van der Waals surface area contributed by atoms with Crippen molar-refractivity contribution in [1.82, 2.24) is 4.90 Å². The van der Waals surface area contributed by atoms with Crippen molar-refractivity contribution in [3.8, 4) is 0 Å². The molecule has 4 nitrogen and oxygen atoms in total. The molecule has 1 heterocycles. The number of benzene rings is 1. The van der Waals surface area contributed by atoms with Gasteiger partial charge in [0.15, 0.2) is 0 Å². The number of hydrazine groups is 1. The van der Waals surface area contributed by atoms with E-state index in [9.17, 15) is 4.79 Å². The lowest BCUT2D eigenvalue weighted by Crippen LogP contribution is -2.38.